The molecule has 0 saturated carbocycles. The molecule has 5 nitrogen and oxygen atoms in total. The number of hydrogen-bond acceptors (Lipinski definition) is 4. The van der Waals surface area contributed by atoms with Crippen LogP contribution in [0.5, 0.6) is 5.75 Å². The van der Waals surface area contributed by atoms with Gasteiger partial charge in [-0.1, -0.05) is 17.7 Å². The van der Waals surface area contributed by atoms with Crippen LogP contribution in [-0.4, -0.2) is 11.1 Å². The summed E-state index contributed by atoms with van der Waals surface area (Å²) < 4.78 is 10.7. The maximum atomic E-state index is 10.7. The second kappa shape index (κ2) is 5.68. The Kier molecular flexibility index (Phi) is 3.97. The molecular weight excluding hydrogens is 282 g/mol. The Bertz CT molecular complexity index is 687. The van der Waals surface area contributed by atoms with Gasteiger partial charge in [0.05, 0.1) is 5.02 Å². The van der Waals surface area contributed by atoms with Gasteiger partial charge >= 0.3 is 5.97 Å². The van der Waals surface area contributed by atoms with Gasteiger partial charge in [-0.3, -0.25) is 0 Å². The molecule has 1 N–H and O–H groups in total. The zero-order valence-corrected chi connectivity index (χ0v) is 11.2. The van der Waals surface area contributed by atoms with E-state index in [9.17, 15) is 4.79 Å². The van der Waals surface area contributed by atoms with Crippen LogP contribution in [0.3, 0.4) is 0 Å². The molecule has 0 aliphatic carbocycles. The van der Waals surface area contributed by atoms with E-state index in [2.05, 4.69) is 0 Å². The fourth-order valence-corrected chi connectivity index (χ4v) is 1.85. The van der Waals surface area contributed by atoms with Crippen molar-refractivity contribution in [2.24, 2.45) is 0 Å². The molecule has 1 atom stereocenters. The number of furan rings is 1. The van der Waals surface area contributed by atoms with Crippen LogP contribution in [0.2, 0.25) is 5.02 Å². The van der Waals surface area contributed by atoms with Crippen LogP contribution < -0.4 is 4.74 Å². The summed E-state index contributed by atoms with van der Waals surface area (Å²) in [6.07, 6.45) is -0.548. The van der Waals surface area contributed by atoms with Gasteiger partial charge in [-0.2, -0.15) is 5.26 Å². The first kappa shape index (κ1) is 14.0. The summed E-state index contributed by atoms with van der Waals surface area (Å²) in [5.41, 5.74) is 0.228. The predicted octanol–water partition coefficient (Wildman–Crippen LogP) is 3.64. The van der Waals surface area contributed by atoms with E-state index >= 15 is 0 Å². The third-order valence-electron chi connectivity index (χ3n) is 2.63. The third kappa shape index (κ3) is 2.76. The van der Waals surface area contributed by atoms with E-state index in [-0.39, 0.29) is 11.3 Å². The minimum absolute atomic E-state index is 0.165. The quantitative estimate of drug-likeness (QED) is 0.929. The van der Waals surface area contributed by atoms with E-state index < -0.39 is 12.1 Å². The number of nitrogens with zero attached hydrogens (tertiary/aromatic N) is 1. The molecule has 1 aromatic carbocycles. The first-order valence-electron chi connectivity index (χ1n) is 5.71. The van der Waals surface area contributed by atoms with Crippen molar-refractivity contribution in [1.29, 1.82) is 5.26 Å². The van der Waals surface area contributed by atoms with Gasteiger partial charge in [-0.15, -0.1) is 0 Å². The average Bonchev–Trinajstić information content (AvgIpc) is 2.89. The molecule has 20 heavy (non-hydrogen) atoms. The highest BCUT2D eigenvalue weighted by Crippen LogP contribution is 2.30. The van der Waals surface area contributed by atoms with Crippen molar-refractivity contribution in [1.82, 2.24) is 0 Å². The second-order valence-electron chi connectivity index (χ2n) is 3.99. The Hall–Kier alpha value is -2.45. The molecule has 1 aromatic heterocycles. The maximum Gasteiger partial charge on any atom is 0.371 e. The molecule has 102 valence electrons. The lowest BCUT2D eigenvalue weighted by atomic mass is 10.2. The molecule has 1 heterocycles. The molecule has 0 aliphatic heterocycles. The Labute approximate surface area is 120 Å². The summed E-state index contributed by atoms with van der Waals surface area (Å²) in [5, 5.41) is 18.1. The Morgan fingerprint density at radius 3 is 2.80 bits per heavy atom. The van der Waals surface area contributed by atoms with Crippen molar-refractivity contribution in [2.45, 2.75) is 13.0 Å². The van der Waals surface area contributed by atoms with Crippen LogP contribution in [0.15, 0.2) is 34.7 Å². The minimum atomic E-state index is -1.15. The van der Waals surface area contributed by atoms with Crippen LogP contribution in [0.1, 0.15) is 34.9 Å². The standard InChI is InChI=1S/C14H10ClNO4/c1-8(11-5-6-13(20-11)14(17)18)19-12-4-2-3-10(15)9(12)7-16/h2-6,8H,1H3,(H,17,18). The maximum absolute atomic E-state index is 10.7. The van der Waals surface area contributed by atoms with Gasteiger partial charge in [-0.05, 0) is 31.2 Å². The van der Waals surface area contributed by atoms with Crippen LogP contribution in [0.4, 0.5) is 0 Å². The molecule has 0 radical (unpaired) electrons. The molecule has 2 rings (SSSR count). The monoisotopic (exact) mass is 291 g/mol. The molecule has 0 saturated heterocycles. The Morgan fingerprint density at radius 2 is 2.20 bits per heavy atom. The molecule has 0 bridgehead atoms. The van der Waals surface area contributed by atoms with Crippen LogP contribution >= 0.6 is 11.6 Å². The van der Waals surface area contributed by atoms with Crippen molar-refractivity contribution in [3.05, 3.63) is 52.4 Å². The van der Waals surface area contributed by atoms with Crippen LogP contribution in [0.25, 0.3) is 0 Å². The van der Waals surface area contributed by atoms with Gasteiger partial charge in [0, 0.05) is 0 Å². The number of hydrogen-bond donors (Lipinski definition) is 1. The van der Waals surface area contributed by atoms with Crippen molar-refractivity contribution in [3.8, 4) is 11.8 Å². The summed E-state index contributed by atoms with van der Waals surface area (Å²) >= 11 is 5.90. The first-order chi connectivity index (χ1) is 9.52. The molecule has 0 fully saturated rings. The lowest BCUT2D eigenvalue weighted by Crippen LogP contribution is -2.03. The fourth-order valence-electron chi connectivity index (χ4n) is 1.65. The second-order valence-corrected chi connectivity index (χ2v) is 4.40. The van der Waals surface area contributed by atoms with Crippen molar-refractivity contribution in [2.75, 3.05) is 0 Å². The Morgan fingerprint density at radius 1 is 1.45 bits per heavy atom. The number of ether oxygens (including phenoxy) is 1. The molecule has 6 heteroatoms. The van der Waals surface area contributed by atoms with Gasteiger partial charge in [0.15, 0.2) is 6.10 Å². The summed E-state index contributed by atoms with van der Waals surface area (Å²) in [7, 11) is 0. The number of benzene rings is 1. The van der Waals surface area contributed by atoms with E-state index in [1.54, 1.807) is 25.1 Å². The SMILES string of the molecule is CC(Oc1cccc(Cl)c1C#N)c1ccc(C(=O)O)o1. The minimum Gasteiger partial charge on any atom is -0.481 e. The zero-order valence-electron chi connectivity index (χ0n) is 10.5. The fraction of sp³-hybridized carbons (Fsp3) is 0.143. The van der Waals surface area contributed by atoms with Crippen molar-refractivity contribution in [3.63, 3.8) is 0 Å². The summed E-state index contributed by atoms with van der Waals surface area (Å²) in [4.78, 5) is 10.7. The number of aromatic carboxylic acids is 1. The highest BCUT2D eigenvalue weighted by atomic mass is 35.5. The predicted molar refractivity (Wildman–Crippen MR) is 70.9 cm³/mol. The van der Waals surface area contributed by atoms with Crippen molar-refractivity contribution >= 4 is 17.6 Å². The lowest BCUT2D eigenvalue weighted by Gasteiger charge is -2.13. The molecular formula is C14H10ClNO4. The van der Waals surface area contributed by atoms with Gasteiger partial charge in [0.2, 0.25) is 5.76 Å². The van der Waals surface area contributed by atoms with Crippen LogP contribution in [-0.2, 0) is 0 Å². The van der Waals surface area contributed by atoms with Gasteiger partial charge in [0.1, 0.15) is 23.1 Å². The highest BCUT2D eigenvalue weighted by Gasteiger charge is 2.17. The average molecular weight is 292 g/mol. The van der Waals surface area contributed by atoms with Gasteiger partial charge in [-0.25, -0.2) is 4.79 Å². The van der Waals surface area contributed by atoms with E-state index in [0.717, 1.165) is 0 Å². The molecule has 2 aromatic rings. The first-order valence-corrected chi connectivity index (χ1v) is 6.09. The third-order valence-corrected chi connectivity index (χ3v) is 2.94. The van der Waals surface area contributed by atoms with E-state index in [1.165, 1.54) is 12.1 Å². The number of carboxylic acid groups (broad SMARTS) is 1. The molecule has 0 spiro atoms. The largest absolute Gasteiger partial charge is 0.481 e. The zero-order chi connectivity index (χ0) is 14.7. The number of halogens is 1. The highest BCUT2D eigenvalue weighted by molar-refractivity contribution is 6.31. The smallest absolute Gasteiger partial charge is 0.371 e. The number of carboxylic acids is 1. The number of rotatable bonds is 4. The van der Waals surface area contributed by atoms with E-state index in [4.69, 9.17) is 31.1 Å². The van der Waals surface area contributed by atoms with Gasteiger partial charge in [0.25, 0.3) is 0 Å². The number of nitriles is 1. The Balaban J connectivity index is 2.23. The lowest BCUT2D eigenvalue weighted by molar-refractivity contribution is 0.0655. The van der Waals surface area contributed by atoms with Gasteiger partial charge < -0.3 is 14.3 Å². The topological polar surface area (TPSA) is 83.5 Å². The van der Waals surface area contributed by atoms with E-state index in [1.807, 2.05) is 6.07 Å². The van der Waals surface area contributed by atoms with Crippen LogP contribution in [0, 0.1) is 11.3 Å². The van der Waals surface area contributed by atoms with E-state index in [0.29, 0.717) is 16.5 Å². The van der Waals surface area contributed by atoms with Crippen molar-refractivity contribution < 1.29 is 19.1 Å². The summed E-state index contributed by atoms with van der Waals surface area (Å²) in [6, 6.07) is 9.70. The summed E-state index contributed by atoms with van der Waals surface area (Å²) in [6.45, 7) is 1.69. The normalized spacial score (nSPS) is 11.7. The summed E-state index contributed by atoms with van der Waals surface area (Å²) in [5.74, 6) is -0.641. The molecule has 0 amide bonds. The molecule has 1 unspecified atom stereocenters. The number of carbonyl (C=O) groups is 1. The molecule has 0 aliphatic rings.